The highest BCUT2D eigenvalue weighted by Crippen LogP contribution is 2.19. The van der Waals surface area contributed by atoms with Gasteiger partial charge in [-0.25, -0.2) is 0 Å². The molecule has 21 heavy (non-hydrogen) atoms. The van der Waals surface area contributed by atoms with Crippen LogP contribution in [0.5, 0.6) is 0 Å². The van der Waals surface area contributed by atoms with Crippen LogP contribution in [0, 0.1) is 0 Å². The minimum atomic E-state index is -3.58. The number of aliphatic carboxylic acids is 1. The highest BCUT2D eigenvalue weighted by atomic mass is 32.2. The third kappa shape index (κ3) is 6.24. The van der Waals surface area contributed by atoms with Gasteiger partial charge in [-0.2, -0.15) is 17.9 Å². The summed E-state index contributed by atoms with van der Waals surface area (Å²) in [5, 5.41) is 8.79. The fraction of sp³-hybridized carbons (Fsp3) is 0.500. The van der Waals surface area contributed by atoms with Crippen LogP contribution in [0.2, 0.25) is 0 Å². The fourth-order valence-electron chi connectivity index (χ4n) is 2.07. The smallest absolute Gasteiger partial charge is 0.303 e. The van der Waals surface area contributed by atoms with E-state index < -0.39 is 22.2 Å². The lowest BCUT2D eigenvalue weighted by atomic mass is 10.0. The Morgan fingerprint density at radius 2 is 1.95 bits per heavy atom. The predicted molar refractivity (Wildman–Crippen MR) is 79.0 cm³/mol. The monoisotopic (exact) mass is 312 g/mol. The van der Waals surface area contributed by atoms with Gasteiger partial charge in [0, 0.05) is 18.5 Å². The maximum Gasteiger partial charge on any atom is 0.303 e. The van der Waals surface area contributed by atoms with Crippen molar-refractivity contribution in [3.05, 3.63) is 35.9 Å². The fourth-order valence-corrected chi connectivity index (χ4v) is 3.46. The molecular formula is C14H20N2O4S. The van der Waals surface area contributed by atoms with Crippen molar-refractivity contribution >= 4 is 16.2 Å². The van der Waals surface area contributed by atoms with E-state index in [9.17, 15) is 13.2 Å². The van der Waals surface area contributed by atoms with Gasteiger partial charge in [0.2, 0.25) is 0 Å². The quantitative estimate of drug-likeness (QED) is 0.635. The molecule has 0 amide bonds. The van der Waals surface area contributed by atoms with Crippen molar-refractivity contribution in [2.75, 3.05) is 0 Å². The van der Waals surface area contributed by atoms with Gasteiger partial charge in [0.15, 0.2) is 0 Å². The third-order valence-electron chi connectivity index (χ3n) is 3.25. The molecule has 7 heteroatoms. The molecule has 1 aliphatic carbocycles. The summed E-state index contributed by atoms with van der Waals surface area (Å²) in [6.07, 6.45) is 2.39. The second-order valence-corrected chi connectivity index (χ2v) is 6.81. The Balaban J connectivity index is 1.98. The lowest BCUT2D eigenvalue weighted by molar-refractivity contribution is -0.137. The molecule has 2 rings (SSSR count). The molecule has 6 nitrogen and oxygen atoms in total. The second-order valence-electron chi connectivity index (χ2n) is 5.33. The van der Waals surface area contributed by atoms with Gasteiger partial charge in [-0.1, -0.05) is 30.3 Å². The Bertz CT molecular complexity index is 570. The highest BCUT2D eigenvalue weighted by molar-refractivity contribution is 7.87. The van der Waals surface area contributed by atoms with E-state index in [0.29, 0.717) is 6.42 Å². The van der Waals surface area contributed by atoms with Crippen molar-refractivity contribution in [3.8, 4) is 0 Å². The van der Waals surface area contributed by atoms with Gasteiger partial charge >= 0.3 is 5.97 Å². The lowest BCUT2D eigenvalue weighted by Gasteiger charge is -2.18. The van der Waals surface area contributed by atoms with Gasteiger partial charge in [-0.15, -0.1) is 0 Å². The number of benzene rings is 1. The van der Waals surface area contributed by atoms with Crippen LogP contribution in [0.15, 0.2) is 30.3 Å². The van der Waals surface area contributed by atoms with E-state index in [4.69, 9.17) is 5.11 Å². The summed E-state index contributed by atoms with van der Waals surface area (Å²) in [5.41, 5.74) is 0.974. The van der Waals surface area contributed by atoms with Gasteiger partial charge in [0.1, 0.15) is 0 Å². The molecule has 0 radical (unpaired) electrons. The summed E-state index contributed by atoms with van der Waals surface area (Å²) in [5.74, 6) is -0.928. The summed E-state index contributed by atoms with van der Waals surface area (Å²) < 4.78 is 29.0. The van der Waals surface area contributed by atoms with Gasteiger partial charge < -0.3 is 5.11 Å². The van der Waals surface area contributed by atoms with E-state index in [0.717, 1.165) is 18.4 Å². The number of carboxylic acids is 1. The van der Waals surface area contributed by atoms with Gasteiger partial charge in [0.05, 0.1) is 0 Å². The number of rotatable bonds is 9. The average Bonchev–Trinajstić information content (AvgIpc) is 3.20. The molecule has 0 saturated heterocycles. The van der Waals surface area contributed by atoms with E-state index in [1.54, 1.807) is 0 Å². The highest BCUT2D eigenvalue weighted by Gasteiger charge is 2.28. The molecule has 1 unspecified atom stereocenters. The zero-order valence-corrected chi connectivity index (χ0v) is 12.5. The normalized spacial score (nSPS) is 16.6. The van der Waals surface area contributed by atoms with E-state index in [1.165, 1.54) is 0 Å². The second kappa shape index (κ2) is 7.02. The molecule has 1 fully saturated rings. The summed E-state index contributed by atoms with van der Waals surface area (Å²) in [4.78, 5) is 10.7. The van der Waals surface area contributed by atoms with E-state index in [-0.39, 0.29) is 18.9 Å². The number of hydrogen-bond acceptors (Lipinski definition) is 3. The summed E-state index contributed by atoms with van der Waals surface area (Å²) >= 11 is 0. The Morgan fingerprint density at radius 1 is 1.29 bits per heavy atom. The summed E-state index contributed by atoms with van der Waals surface area (Å²) in [6.45, 7) is 0. The SMILES string of the molecule is O=C(O)CCC(Cc1ccccc1)NS(=O)(=O)NC1CC1. The van der Waals surface area contributed by atoms with Crippen LogP contribution >= 0.6 is 0 Å². The largest absolute Gasteiger partial charge is 0.481 e. The van der Waals surface area contributed by atoms with Crippen LogP contribution in [0.1, 0.15) is 31.2 Å². The first-order valence-electron chi connectivity index (χ1n) is 7.00. The standard InChI is InChI=1S/C14H20N2O4S/c17-14(18)9-8-13(10-11-4-2-1-3-5-11)16-21(19,20)15-12-6-7-12/h1-5,12-13,15-16H,6-10H2,(H,17,18). The van der Waals surface area contributed by atoms with Crippen LogP contribution in [0.4, 0.5) is 0 Å². The van der Waals surface area contributed by atoms with E-state index in [1.807, 2.05) is 30.3 Å². The Kier molecular flexibility index (Phi) is 5.33. The molecule has 0 bridgehead atoms. The zero-order chi connectivity index (χ0) is 15.3. The summed E-state index contributed by atoms with van der Waals surface area (Å²) in [7, 11) is -3.58. The Morgan fingerprint density at radius 3 is 2.52 bits per heavy atom. The van der Waals surface area contributed by atoms with Crippen LogP contribution in [0.25, 0.3) is 0 Å². The predicted octanol–water partition coefficient (Wildman–Crippen LogP) is 1.05. The first kappa shape index (κ1) is 15.9. The van der Waals surface area contributed by atoms with Gasteiger partial charge in [-0.05, 0) is 31.2 Å². The molecule has 116 valence electrons. The molecule has 0 heterocycles. The molecule has 1 aliphatic rings. The molecular weight excluding hydrogens is 292 g/mol. The first-order chi connectivity index (χ1) is 9.94. The zero-order valence-electron chi connectivity index (χ0n) is 11.7. The van der Waals surface area contributed by atoms with Crippen LogP contribution < -0.4 is 9.44 Å². The van der Waals surface area contributed by atoms with Crippen molar-refractivity contribution < 1.29 is 18.3 Å². The molecule has 1 atom stereocenters. The van der Waals surface area contributed by atoms with E-state index >= 15 is 0 Å². The summed E-state index contributed by atoms with van der Waals surface area (Å²) in [6, 6.07) is 9.03. The minimum absolute atomic E-state index is 0.0272. The maximum atomic E-state index is 12.0. The molecule has 0 spiro atoms. The number of carboxylic acid groups (broad SMARTS) is 1. The maximum absolute atomic E-state index is 12.0. The lowest BCUT2D eigenvalue weighted by Crippen LogP contribution is -2.44. The Labute approximate surface area is 124 Å². The Hall–Kier alpha value is -1.44. The first-order valence-corrected chi connectivity index (χ1v) is 8.48. The van der Waals surface area contributed by atoms with Crippen LogP contribution in [-0.2, 0) is 21.4 Å². The van der Waals surface area contributed by atoms with Gasteiger partial charge in [-0.3, -0.25) is 4.79 Å². The van der Waals surface area contributed by atoms with Crippen molar-refractivity contribution in [1.29, 1.82) is 0 Å². The van der Waals surface area contributed by atoms with Crippen LogP contribution in [0.3, 0.4) is 0 Å². The topological polar surface area (TPSA) is 95.5 Å². The molecule has 3 N–H and O–H groups in total. The molecule has 0 aromatic heterocycles. The van der Waals surface area contributed by atoms with Crippen molar-refractivity contribution in [2.24, 2.45) is 0 Å². The minimum Gasteiger partial charge on any atom is -0.481 e. The van der Waals surface area contributed by atoms with Gasteiger partial charge in [0.25, 0.3) is 10.2 Å². The third-order valence-corrected chi connectivity index (χ3v) is 4.54. The van der Waals surface area contributed by atoms with E-state index in [2.05, 4.69) is 9.44 Å². The molecule has 0 aliphatic heterocycles. The average molecular weight is 312 g/mol. The molecule has 1 aromatic rings. The van der Waals surface area contributed by atoms with Crippen LogP contribution in [-0.4, -0.2) is 31.6 Å². The number of carbonyl (C=O) groups is 1. The van der Waals surface area contributed by atoms with Crippen molar-refractivity contribution in [1.82, 2.24) is 9.44 Å². The number of hydrogen-bond donors (Lipinski definition) is 3. The van der Waals surface area contributed by atoms with Crippen molar-refractivity contribution in [3.63, 3.8) is 0 Å². The van der Waals surface area contributed by atoms with Crippen molar-refractivity contribution in [2.45, 2.75) is 44.2 Å². The molecule has 1 saturated carbocycles. The number of nitrogens with one attached hydrogen (secondary N) is 2. The molecule has 1 aromatic carbocycles.